The van der Waals surface area contributed by atoms with Crippen molar-refractivity contribution in [2.24, 2.45) is 0 Å². The zero-order chi connectivity index (χ0) is 15.4. The normalized spacial score (nSPS) is 10.5. The Morgan fingerprint density at radius 1 is 1.38 bits per heavy atom. The molecule has 0 saturated carbocycles. The second-order valence-electron chi connectivity index (χ2n) is 4.17. The molecule has 0 radical (unpaired) electrons. The van der Waals surface area contributed by atoms with Gasteiger partial charge in [0.15, 0.2) is 0 Å². The van der Waals surface area contributed by atoms with E-state index in [0.29, 0.717) is 11.8 Å². The molecule has 0 aliphatic heterocycles. The van der Waals surface area contributed by atoms with Crippen LogP contribution in [0.5, 0.6) is 11.6 Å². The number of carbonyl (C=O) groups is 1. The number of nitrogens with zero attached hydrogens (tertiary/aromatic N) is 2. The van der Waals surface area contributed by atoms with E-state index in [1.165, 1.54) is 24.3 Å². The fourth-order valence-electron chi connectivity index (χ4n) is 1.76. The minimum atomic E-state index is -0.564. The fraction of sp³-hybridized carbons (Fsp3) is 0.231. The molecular weight excluding hydrogens is 344 g/mol. The number of nitro groups is 1. The molecule has 0 spiro atoms. The molecule has 0 amide bonds. The zero-order valence-corrected chi connectivity index (χ0v) is 12.4. The molecule has 110 valence electrons. The first-order chi connectivity index (χ1) is 10.0. The lowest BCUT2D eigenvalue weighted by atomic mass is 10.1. The minimum absolute atomic E-state index is 0.00197. The molecule has 2 rings (SSSR count). The highest BCUT2D eigenvalue weighted by Crippen LogP contribution is 2.32. The van der Waals surface area contributed by atoms with Gasteiger partial charge in [0, 0.05) is 23.9 Å². The number of nitro benzene ring substituents is 1. The number of alkyl halides is 1. The number of fused-ring (bicyclic) bond motifs is 1. The van der Waals surface area contributed by atoms with Gasteiger partial charge in [-0.25, -0.2) is 4.98 Å². The molecule has 0 unspecified atom stereocenters. The Labute approximate surface area is 127 Å². The van der Waals surface area contributed by atoms with Crippen LogP contribution in [0.4, 0.5) is 5.69 Å². The summed E-state index contributed by atoms with van der Waals surface area (Å²) < 4.78 is 5.03. The molecule has 1 heterocycles. The Morgan fingerprint density at radius 2 is 2.14 bits per heavy atom. The van der Waals surface area contributed by atoms with Gasteiger partial charge in [-0.15, -0.1) is 0 Å². The third kappa shape index (κ3) is 3.46. The van der Waals surface area contributed by atoms with Crippen LogP contribution < -0.4 is 4.74 Å². The van der Waals surface area contributed by atoms with Gasteiger partial charge in [0.2, 0.25) is 5.88 Å². The number of halogens is 1. The van der Waals surface area contributed by atoms with Gasteiger partial charge < -0.3 is 9.84 Å². The number of phenolic OH excluding ortho intramolecular Hbond substituents is 1. The van der Waals surface area contributed by atoms with E-state index in [4.69, 9.17) is 4.74 Å². The number of aromatic hydroxyl groups is 1. The third-order valence-electron chi connectivity index (χ3n) is 2.72. The van der Waals surface area contributed by atoms with E-state index in [9.17, 15) is 20.0 Å². The predicted molar refractivity (Wildman–Crippen MR) is 78.7 cm³/mol. The van der Waals surface area contributed by atoms with Crippen LogP contribution in [0, 0.1) is 10.1 Å². The van der Waals surface area contributed by atoms with E-state index in [1.807, 2.05) is 0 Å². The molecule has 1 N–H and O–H groups in total. The number of pyridine rings is 1. The summed E-state index contributed by atoms with van der Waals surface area (Å²) in [4.78, 5) is 25.8. The number of hydrogen-bond acceptors (Lipinski definition) is 6. The largest absolute Gasteiger partial charge is 0.506 e. The van der Waals surface area contributed by atoms with Gasteiger partial charge in [-0.05, 0) is 18.6 Å². The Balaban J connectivity index is 2.35. The lowest BCUT2D eigenvalue weighted by molar-refractivity contribution is -0.383. The average molecular weight is 355 g/mol. The van der Waals surface area contributed by atoms with Gasteiger partial charge in [0.25, 0.3) is 5.69 Å². The van der Waals surface area contributed by atoms with Gasteiger partial charge in [-0.1, -0.05) is 15.9 Å². The maximum Gasteiger partial charge on any atom is 0.312 e. The van der Waals surface area contributed by atoms with Gasteiger partial charge in [-0.3, -0.25) is 14.9 Å². The van der Waals surface area contributed by atoms with E-state index in [1.54, 1.807) is 0 Å². The highest BCUT2D eigenvalue weighted by molar-refractivity contribution is 9.09. The number of esters is 1. The van der Waals surface area contributed by atoms with Crippen LogP contribution in [0.1, 0.15) is 12.8 Å². The Morgan fingerprint density at radius 3 is 2.81 bits per heavy atom. The summed E-state index contributed by atoms with van der Waals surface area (Å²) >= 11 is 3.21. The molecule has 0 fully saturated rings. The number of phenols is 1. The Bertz CT molecular complexity index is 704. The standard InChI is InChI=1S/C13H11BrN2O5/c14-7-1-2-12(18)21-11-6-3-8-9(16(19)20)4-5-10(17)13(8)15-11/h3-6,17H,1-2,7H2. The number of rotatable bonds is 5. The molecule has 8 heteroatoms. The average Bonchev–Trinajstić information content (AvgIpc) is 2.45. The fourth-order valence-corrected chi connectivity index (χ4v) is 2.04. The number of non-ortho nitro benzene ring substituents is 1. The molecule has 0 aliphatic carbocycles. The molecule has 0 bridgehead atoms. The molecule has 0 saturated heterocycles. The van der Waals surface area contributed by atoms with Gasteiger partial charge in [-0.2, -0.15) is 0 Å². The van der Waals surface area contributed by atoms with Crippen molar-refractivity contribution in [3.8, 4) is 11.6 Å². The van der Waals surface area contributed by atoms with Crippen molar-refractivity contribution < 1.29 is 19.6 Å². The summed E-state index contributed by atoms with van der Waals surface area (Å²) in [6.45, 7) is 0. The Hall–Kier alpha value is -2.22. The summed E-state index contributed by atoms with van der Waals surface area (Å²) in [6, 6.07) is 5.14. The highest BCUT2D eigenvalue weighted by Gasteiger charge is 2.16. The second kappa shape index (κ2) is 6.49. The van der Waals surface area contributed by atoms with Crippen LogP contribution in [0.15, 0.2) is 24.3 Å². The molecule has 0 aliphatic rings. The maximum absolute atomic E-state index is 11.5. The van der Waals surface area contributed by atoms with Crippen molar-refractivity contribution in [2.75, 3.05) is 5.33 Å². The minimum Gasteiger partial charge on any atom is -0.506 e. The van der Waals surface area contributed by atoms with Crippen molar-refractivity contribution >= 4 is 38.5 Å². The summed E-state index contributed by atoms with van der Waals surface area (Å²) in [7, 11) is 0. The van der Waals surface area contributed by atoms with Gasteiger partial charge in [0.05, 0.1) is 10.3 Å². The van der Waals surface area contributed by atoms with E-state index >= 15 is 0 Å². The first-order valence-corrected chi connectivity index (χ1v) is 7.19. The molecule has 2 aromatic rings. The number of ether oxygens (including phenoxy) is 1. The summed E-state index contributed by atoms with van der Waals surface area (Å²) in [5.74, 6) is -0.668. The quantitative estimate of drug-likeness (QED) is 0.383. The van der Waals surface area contributed by atoms with E-state index in [-0.39, 0.29) is 34.6 Å². The highest BCUT2D eigenvalue weighted by atomic mass is 79.9. The molecule has 0 atom stereocenters. The molecule has 1 aromatic carbocycles. The second-order valence-corrected chi connectivity index (χ2v) is 4.97. The van der Waals surface area contributed by atoms with Crippen molar-refractivity contribution in [1.29, 1.82) is 0 Å². The number of aromatic nitrogens is 1. The summed E-state index contributed by atoms with van der Waals surface area (Å²) in [5, 5.41) is 21.5. The van der Waals surface area contributed by atoms with Gasteiger partial charge >= 0.3 is 5.97 Å². The molecule has 7 nitrogen and oxygen atoms in total. The van der Waals surface area contributed by atoms with Crippen molar-refractivity contribution in [2.45, 2.75) is 12.8 Å². The molecule has 1 aromatic heterocycles. The van der Waals surface area contributed by atoms with Crippen LogP contribution in [0.25, 0.3) is 10.9 Å². The number of benzene rings is 1. The van der Waals surface area contributed by atoms with Crippen LogP contribution in [0.2, 0.25) is 0 Å². The van der Waals surface area contributed by atoms with Crippen molar-refractivity contribution in [3.63, 3.8) is 0 Å². The van der Waals surface area contributed by atoms with E-state index in [2.05, 4.69) is 20.9 Å². The van der Waals surface area contributed by atoms with Gasteiger partial charge in [0.1, 0.15) is 11.3 Å². The van der Waals surface area contributed by atoms with E-state index in [0.717, 1.165) is 0 Å². The third-order valence-corrected chi connectivity index (χ3v) is 3.28. The number of hydrogen-bond donors (Lipinski definition) is 1. The van der Waals surface area contributed by atoms with Crippen LogP contribution in [0.3, 0.4) is 0 Å². The molecular formula is C13H11BrN2O5. The number of carbonyl (C=O) groups excluding carboxylic acids is 1. The maximum atomic E-state index is 11.5. The van der Waals surface area contributed by atoms with Crippen LogP contribution >= 0.6 is 15.9 Å². The zero-order valence-electron chi connectivity index (χ0n) is 10.8. The molecule has 21 heavy (non-hydrogen) atoms. The van der Waals surface area contributed by atoms with E-state index < -0.39 is 10.9 Å². The summed E-state index contributed by atoms with van der Waals surface area (Å²) in [5.41, 5.74) is -0.151. The SMILES string of the molecule is O=C(CCCBr)Oc1ccc2c([N+](=O)[O-])ccc(O)c2n1. The lowest BCUT2D eigenvalue weighted by Crippen LogP contribution is -2.08. The topological polar surface area (TPSA) is 103 Å². The van der Waals surface area contributed by atoms with Crippen LogP contribution in [-0.4, -0.2) is 26.3 Å². The first-order valence-electron chi connectivity index (χ1n) is 6.06. The van der Waals surface area contributed by atoms with Crippen molar-refractivity contribution in [1.82, 2.24) is 4.98 Å². The lowest BCUT2D eigenvalue weighted by Gasteiger charge is -2.05. The monoisotopic (exact) mass is 354 g/mol. The smallest absolute Gasteiger partial charge is 0.312 e. The predicted octanol–water partition coefficient (Wildman–Crippen LogP) is 2.93. The summed E-state index contributed by atoms with van der Waals surface area (Å²) in [6.07, 6.45) is 0.856. The first kappa shape index (κ1) is 15.2. The van der Waals surface area contributed by atoms with Crippen LogP contribution in [-0.2, 0) is 4.79 Å². The van der Waals surface area contributed by atoms with Crippen molar-refractivity contribution in [3.05, 3.63) is 34.4 Å². The Kier molecular flexibility index (Phi) is 4.69.